The van der Waals surface area contributed by atoms with E-state index in [1.807, 2.05) is 43.4 Å². The average molecular weight is 340 g/mol. The van der Waals surface area contributed by atoms with Crippen LogP contribution in [0.15, 0.2) is 36.4 Å². The zero-order valence-electron chi connectivity index (χ0n) is 15.7. The van der Waals surface area contributed by atoms with Crippen LogP contribution in [0.5, 0.6) is 0 Å². The van der Waals surface area contributed by atoms with Gasteiger partial charge >= 0.3 is 0 Å². The lowest BCUT2D eigenvalue weighted by atomic mass is 10.2. The average Bonchev–Trinajstić information content (AvgIpc) is 2.67. The second kappa shape index (κ2) is 9.16. The lowest BCUT2D eigenvalue weighted by Crippen LogP contribution is -2.30. The summed E-state index contributed by atoms with van der Waals surface area (Å²) in [6.07, 6.45) is 2.04. The van der Waals surface area contributed by atoms with E-state index in [1.54, 1.807) is 4.90 Å². The third-order valence-corrected chi connectivity index (χ3v) is 4.24. The minimum atomic E-state index is -0.0542. The highest BCUT2D eigenvalue weighted by Gasteiger charge is 2.18. The molecular weight excluding hydrogens is 312 g/mol. The fraction of sp³-hybridized carbons (Fsp3) is 0.450. The first-order valence-corrected chi connectivity index (χ1v) is 9.05. The first kappa shape index (κ1) is 18.9. The summed E-state index contributed by atoms with van der Waals surface area (Å²) < 4.78 is 0. The molecule has 0 unspecified atom stereocenters. The van der Waals surface area contributed by atoms with Gasteiger partial charge in [0.15, 0.2) is 5.82 Å². The highest BCUT2D eigenvalue weighted by molar-refractivity contribution is 5.93. The van der Waals surface area contributed by atoms with Crippen molar-refractivity contribution in [3.63, 3.8) is 0 Å². The Kier molecular flexibility index (Phi) is 6.92. The van der Waals surface area contributed by atoms with E-state index in [2.05, 4.69) is 30.7 Å². The van der Waals surface area contributed by atoms with Gasteiger partial charge in [0.05, 0.1) is 0 Å². The van der Waals surface area contributed by atoms with Gasteiger partial charge in [-0.05, 0) is 20.3 Å². The van der Waals surface area contributed by atoms with Crippen molar-refractivity contribution >= 4 is 11.7 Å². The Morgan fingerprint density at radius 3 is 2.32 bits per heavy atom. The van der Waals surface area contributed by atoms with Gasteiger partial charge in [0.25, 0.3) is 5.91 Å². The van der Waals surface area contributed by atoms with Crippen LogP contribution >= 0.6 is 0 Å². The van der Waals surface area contributed by atoms with Crippen LogP contribution in [0.1, 0.15) is 44.1 Å². The van der Waals surface area contributed by atoms with Crippen molar-refractivity contribution in [2.24, 2.45) is 0 Å². The van der Waals surface area contributed by atoms with Crippen LogP contribution in [0.4, 0.5) is 5.82 Å². The SMILES string of the molecule is CCCCN(C)C(=O)c1cc(N(CC)CC)nc(-c2ccccc2)n1. The molecule has 134 valence electrons. The summed E-state index contributed by atoms with van der Waals surface area (Å²) >= 11 is 0. The van der Waals surface area contributed by atoms with Crippen LogP contribution in [0.2, 0.25) is 0 Å². The molecule has 0 saturated carbocycles. The number of carbonyl (C=O) groups excluding carboxylic acids is 1. The van der Waals surface area contributed by atoms with Crippen molar-refractivity contribution < 1.29 is 4.79 Å². The summed E-state index contributed by atoms with van der Waals surface area (Å²) in [6, 6.07) is 11.6. The van der Waals surface area contributed by atoms with Crippen molar-refractivity contribution in [3.8, 4) is 11.4 Å². The van der Waals surface area contributed by atoms with Gasteiger partial charge in [-0.2, -0.15) is 0 Å². The summed E-state index contributed by atoms with van der Waals surface area (Å²) in [5.41, 5.74) is 1.37. The highest BCUT2D eigenvalue weighted by Crippen LogP contribution is 2.21. The molecule has 1 amide bonds. The quantitative estimate of drug-likeness (QED) is 0.732. The number of amides is 1. The lowest BCUT2D eigenvalue weighted by Gasteiger charge is -2.22. The smallest absolute Gasteiger partial charge is 0.272 e. The number of anilines is 1. The summed E-state index contributed by atoms with van der Waals surface area (Å²) in [7, 11) is 1.83. The molecule has 5 nitrogen and oxygen atoms in total. The fourth-order valence-corrected chi connectivity index (χ4v) is 2.66. The molecule has 0 fully saturated rings. The molecule has 0 aliphatic rings. The molecule has 1 aromatic heterocycles. The summed E-state index contributed by atoms with van der Waals surface area (Å²) in [4.78, 5) is 25.9. The van der Waals surface area contributed by atoms with E-state index in [0.717, 1.165) is 43.9 Å². The predicted molar refractivity (Wildman–Crippen MR) is 103 cm³/mol. The number of nitrogens with zero attached hydrogens (tertiary/aromatic N) is 4. The minimum absolute atomic E-state index is 0.0542. The zero-order chi connectivity index (χ0) is 18.2. The van der Waals surface area contributed by atoms with Gasteiger partial charge in [-0.15, -0.1) is 0 Å². The van der Waals surface area contributed by atoms with E-state index in [-0.39, 0.29) is 5.91 Å². The standard InChI is InChI=1S/C20H28N4O/c1-5-8-14-23(4)20(25)17-15-18(24(6-2)7-3)22-19(21-17)16-12-10-9-11-13-16/h9-13,15H,5-8,14H2,1-4H3. The van der Waals surface area contributed by atoms with Crippen LogP contribution in [0.25, 0.3) is 11.4 Å². The van der Waals surface area contributed by atoms with E-state index in [0.29, 0.717) is 11.5 Å². The van der Waals surface area contributed by atoms with Gasteiger partial charge in [0.1, 0.15) is 11.5 Å². The molecule has 0 saturated heterocycles. The normalized spacial score (nSPS) is 10.6. The van der Waals surface area contributed by atoms with E-state index in [1.165, 1.54) is 0 Å². The third kappa shape index (κ3) is 4.78. The van der Waals surface area contributed by atoms with Crippen molar-refractivity contribution in [1.29, 1.82) is 0 Å². The monoisotopic (exact) mass is 340 g/mol. The van der Waals surface area contributed by atoms with E-state index in [4.69, 9.17) is 4.98 Å². The lowest BCUT2D eigenvalue weighted by molar-refractivity contribution is 0.0787. The summed E-state index contributed by atoms with van der Waals surface area (Å²) in [5, 5.41) is 0. The van der Waals surface area contributed by atoms with Crippen LogP contribution in [-0.2, 0) is 0 Å². The van der Waals surface area contributed by atoms with Gasteiger partial charge in [-0.25, -0.2) is 9.97 Å². The molecule has 1 heterocycles. The molecule has 2 aromatic rings. The number of hydrogen-bond acceptors (Lipinski definition) is 4. The third-order valence-electron chi connectivity index (χ3n) is 4.24. The van der Waals surface area contributed by atoms with Gasteiger partial charge in [-0.1, -0.05) is 43.7 Å². The number of carbonyl (C=O) groups is 1. The van der Waals surface area contributed by atoms with Crippen LogP contribution < -0.4 is 4.90 Å². The van der Waals surface area contributed by atoms with Gasteiger partial charge in [0, 0.05) is 38.3 Å². The van der Waals surface area contributed by atoms with Gasteiger partial charge in [-0.3, -0.25) is 4.79 Å². The molecule has 0 aliphatic heterocycles. The highest BCUT2D eigenvalue weighted by atomic mass is 16.2. The van der Waals surface area contributed by atoms with Crippen LogP contribution in [0, 0.1) is 0 Å². The number of rotatable bonds is 8. The van der Waals surface area contributed by atoms with Crippen molar-refractivity contribution in [2.75, 3.05) is 31.6 Å². The Labute approximate surface area is 150 Å². The molecule has 0 aliphatic carbocycles. The maximum Gasteiger partial charge on any atom is 0.272 e. The van der Waals surface area contributed by atoms with Crippen LogP contribution in [-0.4, -0.2) is 47.5 Å². The molecule has 0 spiro atoms. The van der Waals surface area contributed by atoms with E-state index >= 15 is 0 Å². The largest absolute Gasteiger partial charge is 0.357 e. The molecule has 0 bridgehead atoms. The summed E-state index contributed by atoms with van der Waals surface area (Å²) in [6.45, 7) is 8.70. The first-order chi connectivity index (χ1) is 12.1. The summed E-state index contributed by atoms with van der Waals surface area (Å²) in [5.74, 6) is 1.34. The topological polar surface area (TPSA) is 49.3 Å². The molecule has 2 rings (SSSR count). The second-order valence-corrected chi connectivity index (χ2v) is 6.05. The Balaban J connectivity index is 2.44. The Morgan fingerprint density at radius 1 is 1.04 bits per heavy atom. The molecular formula is C20H28N4O. The molecule has 0 atom stereocenters. The predicted octanol–water partition coefficient (Wildman–Crippen LogP) is 3.86. The van der Waals surface area contributed by atoms with E-state index in [9.17, 15) is 4.79 Å². The van der Waals surface area contributed by atoms with Gasteiger partial charge < -0.3 is 9.80 Å². The number of benzene rings is 1. The molecule has 25 heavy (non-hydrogen) atoms. The van der Waals surface area contributed by atoms with Crippen molar-refractivity contribution in [1.82, 2.24) is 14.9 Å². The number of aromatic nitrogens is 2. The first-order valence-electron chi connectivity index (χ1n) is 9.05. The second-order valence-electron chi connectivity index (χ2n) is 6.05. The molecule has 1 aromatic carbocycles. The maximum absolute atomic E-state index is 12.8. The molecule has 5 heteroatoms. The molecule has 0 N–H and O–H groups in total. The van der Waals surface area contributed by atoms with Crippen molar-refractivity contribution in [3.05, 3.63) is 42.1 Å². The van der Waals surface area contributed by atoms with E-state index < -0.39 is 0 Å². The van der Waals surface area contributed by atoms with Crippen LogP contribution in [0.3, 0.4) is 0 Å². The Hall–Kier alpha value is -2.43. The maximum atomic E-state index is 12.8. The minimum Gasteiger partial charge on any atom is -0.357 e. The Morgan fingerprint density at radius 2 is 1.72 bits per heavy atom. The number of unbranched alkanes of at least 4 members (excludes halogenated alkanes) is 1. The number of hydrogen-bond donors (Lipinski definition) is 0. The van der Waals surface area contributed by atoms with Crippen molar-refractivity contribution in [2.45, 2.75) is 33.6 Å². The van der Waals surface area contributed by atoms with Gasteiger partial charge in [0.2, 0.25) is 0 Å². The Bertz CT molecular complexity index is 683. The molecule has 0 radical (unpaired) electrons. The zero-order valence-corrected chi connectivity index (χ0v) is 15.7. The fourth-order valence-electron chi connectivity index (χ4n) is 2.66.